The van der Waals surface area contributed by atoms with Gasteiger partial charge in [-0.3, -0.25) is 0 Å². The van der Waals surface area contributed by atoms with Gasteiger partial charge in [-0.1, -0.05) is 30.3 Å². The molecule has 0 bridgehead atoms. The second kappa shape index (κ2) is 5.78. The lowest BCUT2D eigenvalue weighted by molar-refractivity contribution is 0.149. The number of hydrogen-bond donors (Lipinski definition) is 2. The third-order valence-electron chi connectivity index (χ3n) is 2.60. The first-order valence-electron chi connectivity index (χ1n) is 5.38. The van der Waals surface area contributed by atoms with Crippen molar-refractivity contribution in [3.8, 4) is 0 Å². The molecular weight excluding hydrogens is 298 g/mol. The van der Waals surface area contributed by atoms with Gasteiger partial charge >= 0.3 is 0 Å². The van der Waals surface area contributed by atoms with Crippen LogP contribution in [0.5, 0.6) is 0 Å². The summed E-state index contributed by atoms with van der Waals surface area (Å²) in [5, 5.41) is 12.1. The standard InChI is InChI=1S/C13H14BrNOS/c14-10-7-12(17-8-10)13(16)11(15)6-9-4-2-1-3-5-9/h1-5,7-8,11,13,16H,6,15H2. The maximum atomic E-state index is 10.1. The number of rotatable bonds is 4. The second-order valence-electron chi connectivity index (χ2n) is 3.97. The molecular formula is C13H14BrNOS. The van der Waals surface area contributed by atoms with Crippen LogP contribution in [0, 0.1) is 0 Å². The molecule has 0 aliphatic carbocycles. The smallest absolute Gasteiger partial charge is 0.104 e. The molecule has 1 heterocycles. The number of benzene rings is 1. The molecule has 17 heavy (non-hydrogen) atoms. The summed E-state index contributed by atoms with van der Waals surface area (Å²) >= 11 is 4.89. The molecule has 2 unspecified atom stereocenters. The second-order valence-corrected chi connectivity index (χ2v) is 5.82. The fourth-order valence-corrected chi connectivity index (χ4v) is 3.20. The van der Waals surface area contributed by atoms with Crippen LogP contribution in [0.1, 0.15) is 16.5 Å². The molecule has 2 rings (SSSR count). The first-order valence-corrected chi connectivity index (χ1v) is 7.05. The Bertz CT molecular complexity index is 471. The Hall–Kier alpha value is -0.680. The molecule has 0 radical (unpaired) electrons. The van der Waals surface area contributed by atoms with Gasteiger partial charge in [-0.05, 0) is 34.0 Å². The lowest BCUT2D eigenvalue weighted by Crippen LogP contribution is -2.30. The third-order valence-corrected chi connectivity index (χ3v) is 4.36. The van der Waals surface area contributed by atoms with Gasteiger partial charge in [-0.2, -0.15) is 0 Å². The normalized spacial score (nSPS) is 14.5. The fourth-order valence-electron chi connectivity index (χ4n) is 1.69. The zero-order valence-electron chi connectivity index (χ0n) is 9.21. The van der Waals surface area contributed by atoms with Gasteiger partial charge in [0.1, 0.15) is 6.10 Å². The Balaban J connectivity index is 2.03. The molecule has 2 aromatic rings. The van der Waals surface area contributed by atoms with Crippen molar-refractivity contribution in [3.05, 3.63) is 56.7 Å². The molecule has 1 aromatic heterocycles. The molecule has 2 nitrogen and oxygen atoms in total. The molecule has 3 N–H and O–H groups in total. The number of thiophene rings is 1. The van der Waals surface area contributed by atoms with Crippen LogP contribution in [-0.4, -0.2) is 11.1 Å². The van der Waals surface area contributed by atoms with E-state index in [0.717, 1.165) is 14.9 Å². The summed E-state index contributed by atoms with van der Waals surface area (Å²) in [5.41, 5.74) is 7.18. The molecule has 2 atom stereocenters. The molecule has 0 spiro atoms. The molecule has 0 saturated carbocycles. The minimum Gasteiger partial charge on any atom is -0.386 e. The van der Waals surface area contributed by atoms with Crippen LogP contribution in [0.4, 0.5) is 0 Å². The summed E-state index contributed by atoms with van der Waals surface area (Å²) in [4.78, 5) is 0.903. The molecule has 0 amide bonds. The van der Waals surface area contributed by atoms with Crippen molar-refractivity contribution < 1.29 is 5.11 Å². The predicted molar refractivity (Wildman–Crippen MR) is 75.1 cm³/mol. The van der Waals surface area contributed by atoms with Gasteiger partial charge in [0.15, 0.2) is 0 Å². The van der Waals surface area contributed by atoms with Crippen molar-refractivity contribution >= 4 is 27.3 Å². The minimum absolute atomic E-state index is 0.275. The van der Waals surface area contributed by atoms with Gasteiger partial charge in [-0.25, -0.2) is 0 Å². The Morgan fingerprint density at radius 1 is 1.29 bits per heavy atom. The third kappa shape index (κ3) is 3.39. The highest BCUT2D eigenvalue weighted by atomic mass is 79.9. The lowest BCUT2D eigenvalue weighted by Gasteiger charge is -2.17. The number of halogens is 1. The van der Waals surface area contributed by atoms with Crippen molar-refractivity contribution in [1.82, 2.24) is 0 Å². The monoisotopic (exact) mass is 311 g/mol. The van der Waals surface area contributed by atoms with Crippen LogP contribution >= 0.6 is 27.3 Å². The SMILES string of the molecule is NC(Cc1ccccc1)C(O)c1cc(Br)cs1. The maximum Gasteiger partial charge on any atom is 0.104 e. The molecule has 0 aliphatic heterocycles. The number of aliphatic hydroxyl groups is 1. The van der Waals surface area contributed by atoms with Crippen LogP contribution in [-0.2, 0) is 6.42 Å². The van der Waals surface area contributed by atoms with E-state index in [1.165, 1.54) is 11.3 Å². The zero-order chi connectivity index (χ0) is 12.3. The topological polar surface area (TPSA) is 46.2 Å². The van der Waals surface area contributed by atoms with E-state index >= 15 is 0 Å². The van der Waals surface area contributed by atoms with E-state index in [1.54, 1.807) is 0 Å². The highest BCUT2D eigenvalue weighted by molar-refractivity contribution is 9.10. The molecule has 1 aromatic carbocycles. The Morgan fingerprint density at radius 2 is 2.00 bits per heavy atom. The summed E-state index contributed by atoms with van der Waals surface area (Å²) in [6, 6.07) is 11.6. The highest BCUT2D eigenvalue weighted by Crippen LogP contribution is 2.27. The van der Waals surface area contributed by atoms with E-state index in [-0.39, 0.29) is 6.04 Å². The van der Waals surface area contributed by atoms with Crippen molar-refractivity contribution in [2.75, 3.05) is 0 Å². The minimum atomic E-state index is -0.605. The zero-order valence-corrected chi connectivity index (χ0v) is 11.6. The first-order chi connectivity index (χ1) is 8.16. The van der Waals surface area contributed by atoms with Crippen molar-refractivity contribution in [2.45, 2.75) is 18.6 Å². The van der Waals surface area contributed by atoms with Gasteiger partial charge in [0, 0.05) is 20.8 Å². The summed E-state index contributed by atoms with van der Waals surface area (Å²) < 4.78 is 0.989. The Morgan fingerprint density at radius 3 is 2.59 bits per heavy atom. The van der Waals surface area contributed by atoms with Gasteiger partial charge in [-0.15, -0.1) is 11.3 Å². The van der Waals surface area contributed by atoms with Crippen LogP contribution in [0.3, 0.4) is 0 Å². The van der Waals surface area contributed by atoms with Crippen molar-refractivity contribution in [1.29, 1.82) is 0 Å². The average molecular weight is 312 g/mol. The van der Waals surface area contributed by atoms with Crippen molar-refractivity contribution in [3.63, 3.8) is 0 Å². The highest BCUT2D eigenvalue weighted by Gasteiger charge is 2.18. The van der Waals surface area contributed by atoms with E-state index in [0.29, 0.717) is 6.42 Å². The van der Waals surface area contributed by atoms with Crippen LogP contribution in [0.15, 0.2) is 46.3 Å². The molecule has 0 aliphatic rings. The van der Waals surface area contributed by atoms with E-state index in [2.05, 4.69) is 15.9 Å². The molecule has 4 heteroatoms. The van der Waals surface area contributed by atoms with Crippen LogP contribution < -0.4 is 5.73 Å². The van der Waals surface area contributed by atoms with Gasteiger partial charge in [0.25, 0.3) is 0 Å². The van der Waals surface area contributed by atoms with Gasteiger partial charge in [0.2, 0.25) is 0 Å². The van der Waals surface area contributed by atoms with Crippen LogP contribution in [0.2, 0.25) is 0 Å². The summed E-state index contributed by atoms with van der Waals surface area (Å²) in [5.74, 6) is 0. The van der Waals surface area contributed by atoms with E-state index < -0.39 is 6.10 Å². The van der Waals surface area contributed by atoms with Gasteiger partial charge < -0.3 is 10.8 Å². The summed E-state index contributed by atoms with van der Waals surface area (Å²) in [6.07, 6.45) is 0.0730. The van der Waals surface area contributed by atoms with Crippen LogP contribution in [0.25, 0.3) is 0 Å². The lowest BCUT2D eigenvalue weighted by atomic mass is 10.0. The first kappa shape index (κ1) is 12.8. The fraction of sp³-hybridized carbons (Fsp3) is 0.231. The average Bonchev–Trinajstić information content (AvgIpc) is 2.76. The number of aliphatic hydroxyl groups excluding tert-OH is 1. The predicted octanol–water partition coefficient (Wildman–Crippen LogP) is 3.11. The van der Waals surface area contributed by atoms with Gasteiger partial charge in [0.05, 0.1) is 0 Å². The van der Waals surface area contributed by atoms with E-state index in [1.807, 2.05) is 41.8 Å². The number of hydrogen-bond acceptors (Lipinski definition) is 3. The molecule has 0 fully saturated rings. The quantitative estimate of drug-likeness (QED) is 0.911. The molecule has 0 saturated heterocycles. The Kier molecular flexibility index (Phi) is 4.34. The summed E-state index contributed by atoms with van der Waals surface area (Å²) in [7, 11) is 0. The number of nitrogens with two attached hydrogens (primary N) is 1. The van der Waals surface area contributed by atoms with E-state index in [9.17, 15) is 5.11 Å². The maximum absolute atomic E-state index is 10.1. The summed E-state index contributed by atoms with van der Waals surface area (Å²) in [6.45, 7) is 0. The Labute approximate surface area is 113 Å². The largest absolute Gasteiger partial charge is 0.386 e. The molecule has 90 valence electrons. The van der Waals surface area contributed by atoms with E-state index in [4.69, 9.17) is 5.73 Å². The van der Waals surface area contributed by atoms with Crippen molar-refractivity contribution in [2.24, 2.45) is 5.73 Å².